The summed E-state index contributed by atoms with van der Waals surface area (Å²) in [6.45, 7) is 8.75. The van der Waals surface area contributed by atoms with Crippen molar-refractivity contribution in [3.63, 3.8) is 0 Å². The van der Waals surface area contributed by atoms with Gasteiger partial charge in [0.1, 0.15) is 11.6 Å². The van der Waals surface area contributed by atoms with E-state index >= 15 is 0 Å². The van der Waals surface area contributed by atoms with E-state index in [0.717, 1.165) is 44.9 Å². The van der Waals surface area contributed by atoms with Gasteiger partial charge in [0.25, 0.3) is 0 Å². The molecule has 0 aromatic heterocycles. The molecular weight excluding hydrogens is 502 g/mol. The molecule has 8 unspecified atom stereocenters. The van der Waals surface area contributed by atoms with E-state index in [1.807, 2.05) is 41.3 Å². The summed E-state index contributed by atoms with van der Waals surface area (Å²) in [6, 6.07) is 7.23. The molecule has 3 amide bonds. The molecule has 2 saturated heterocycles. The van der Waals surface area contributed by atoms with Crippen molar-refractivity contribution < 1.29 is 19.1 Å². The maximum absolute atomic E-state index is 14.3. The SMILES string of the molecule is CC(C)c1ccc(NC(=O)C2C3C=CC4(O3)C2C(=O)N(C2CCCCC2)C4C(=O)NC2CCCC(C)C2C)cc1. The number of amides is 3. The van der Waals surface area contributed by atoms with Crippen LogP contribution in [-0.4, -0.2) is 52.5 Å². The highest BCUT2D eigenvalue weighted by molar-refractivity contribution is 6.03. The predicted molar refractivity (Wildman–Crippen MR) is 155 cm³/mol. The van der Waals surface area contributed by atoms with Crippen LogP contribution in [0.15, 0.2) is 36.4 Å². The number of nitrogens with one attached hydrogen (secondary N) is 2. The number of hydrogen-bond donors (Lipinski definition) is 2. The average molecular weight is 548 g/mol. The van der Waals surface area contributed by atoms with Crippen molar-refractivity contribution in [3.05, 3.63) is 42.0 Å². The third-order valence-electron chi connectivity index (χ3n) is 10.7. The van der Waals surface area contributed by atoms with Crippen LogP contribution in [0, 0.1) is 23.7 Å². The van der Waals surface area contributed by atoms with E-state index in [1.54, 1.807) is 0 Å². The molecule has 6 rings (SSSR count). The number of hydrogen-bond acceptors (Lipinski definition) is 4. The summed E-state index contributed by atoms with van der Waals surface area (Å²) >= 11 is 0. The van der Waals surface area contributed by atoms with Crippen LogP contribution in [0.25, 0.3) is 0 Å². The second kappa shape index (κ2) is 10.6. The molecule has 2 saturated carbocycles. The fraction of sp³-hybridized carbons (Fsp3) is 0.667. The van der Waals surface area contributed by atoms with Crippen LogP contribution < -0.4 is 10.6 Å². The number of benzene rings is 1. The highest BCUT2D eigenvalue weighted by Crippen LogP contribution is 2.56. The first-order chi connectivity index (χ1) is 19.2. The van der Waals surface area contributed by atoms with E-state index in [0.29, 0.717) is 23.4 Å². The van der Waals surface area contributed by atoms with Gasteiger partial charge < -0.3 is 20.3 Å². The summed E-state index contributed by atoms with van der Waals surface area (Å²) in [4.78, 5) is 44.2. The lowest BCUT2D eigenvalue weighted by Gasteiger charge is -2.40. The van der Waals surface area contributed by atoms with Crippen molar-refractivity contribution in [1.82, 2.24) is 10.2 Å². The highest BCUT2D eigenvalue weighted by atomic mass is 16.5. The Hall–Kier alpha value is -2.67. The molecule has 5 aliphatic rings. The van der Waals surface area contributed by atoms with Gasteiger partial charge in [-0.2, -0.15) is 0 Å². The van der Waals surface area contributed by atoms with Gasteiger partial charge in [-0.25, -0.2) is 0 Å². The molecule has 1 aromatic rings. The minimum absolute atomic E-state index is 0.00279. The van der Waals surface area contributed by atoms with Crippen LogP contribution in [0.1, 0.15) is 90.5 Å². The normalized spacial score (nSPS) is 37.2. The maximum atomic E-state index is 14.3. The smallest absolute Gasteiger partial charge is 0.246 e. The van der Waals surface area contributed by atoms with Crippen molar-refractivity contribution >= 4 is 23.4 Å². The first-order valence-electron chi connectivity index (χ1n) is 15.6. The average Bonchev–Trinajstić information content (AvgIpc) is 3.59. The zero-order valence-corrected chi connectivity index (χ0v) is 24.4. The van der Waals surface area contributed by atoms with Crippen molar-refractivity contribution in [2.75, 3.05) is 5.32 Å². The Kier molecular flexibility index (Phi) is 7.30. The van der Waals surface area contributed by atoms with Gasteiger partial charge in [-0.1, -0.05) is 84.1 Å². The molecule has 1 spiro atoms. The number of fused-ring (bicyclic) bond motifs is 1. The van der Waals surface area contributed by atoms with Gasteiger partial charge in [0.2, 0.25) is 17.7 Å². The minimum atomic E-state index is -1.10. The molecule has 40 heavy (non-hydrogen) atoms. The molecule has 216 valence electrons. The van der Waals surface area contributed by atoms with E-state index in [9.17, 15) is 14.4 Å². The number of nitrogens with zero attached hydrogens (tertiary/aromatic N) is 1. The zero-order valence-electron chi connectivity index (χ0n) is 24.4. The molecule has 7 heteroatoms. The van der Waals surface area contributed by atoms with Crippen molar-refractivity contribution in [2.24, 2.45) is 23.7 Å². The maximum Gasteiger partial charge on any atom is 0.246 e. The van der Waals surface area contributed by atoms with Crippen molar-refractivity contribution in [1.29, 1.82) is 0 Å². The summed E-state index contributed by atoms with van der Waals surface area (Å²) < 4.78 is 6.57. The van der Waals surface area contributed by atoms with E-state index in [1.165, 1.54) is 12.0 Å². The van der Waals surface area contributed by atoms with Gasteiger partial charge in [-0.05, 0) is 54.7 Å². The summed E-state index contributed by atoms with van der Waals surface area (Å²) in [6.07, 6.45) is 11.6. The number of likely N-dealkylation sites (tertiary alicyclic amines) is 1. The van der Waals surface area contributed by atoms with Crippen LogP contribution >= 0.6 is 0 Å². The van der Waals surface area contributed by atoms with Gasteiger partial charge in [0.15, 0.2) is 0 Å². The summed E-state index contributed by atoms with van der Waals surface area (Å²) in [7, 11) is 0. The monoisotopic (exact) mass is 547 g/mol. The molecule has 2 bridgehead atoms. The third kappa shape index (κ3) is 4.49. The molecular formula is C33H45N3O4. The topological polar surface area (TPSA) is 87.7 Å². The Morgan fingerprint density at radius 2 is 1.70 bits per heavy atom. The summed E-state index contributed by atoms with van der Waals surface area (Å²) in [5.41, 5.74) is 0.809. The van der Waals surface area contributed by atoms with Gasteiger partial charge in [-0.3, -0.25) is 14.4 Å². The Bertz CT molecular complexity index is 1170. The molecule has 4 fully saturated rings. The van der Waals surface area contributed by atoms with Crippen LogP contribution in [-0.2, 0) is 19.1 Å². The molecule has 1 aromatic carbocycles. The standard InChI is InChI=1S/C33H45N3O4/c1-19(2)22-13-15-23(16-14-22)34-30(37)27-26-17-18-33(40-26)28(27)32(39)36(24-10-6-5-7-11-24)29(33)31(38)35-25-12-8-9-20(3)21(25)4/h13-21,24-29H,5-12H2,1-4H3,(H,34,37)(H,35,38). The van der Waals surface area contributed by atoms with Crippen LogP contribution in [0.3, 0.4) is 0 Å². The Balaban J connectivity index is 1.29. The summed E-state index contributed by atoms with van der Waals surface area (Å²) in [5.74, 6) is -0.474. The largest absolute Gasteiger partial charge is 0.359 e. The van der Waals surface area contributed by atoms with E-state index in [2.05, 4.69) is 38.3 Å². The molecule has 8 atom stereocenters. The lowest BCUT2D eigenvalue weighted by atomic mass is 9.73. The number of rotatable bonds is 6. The van der Waals surface area contributed by atoms with Crippen LogP contribution in [0.5, 0.6) is 0 Å². The molecule has 2 N–H and O–H groups in total. The van der Waals surface area contributed by atoms with Gasteiger partial charge >= 0.3 is 0 Å². The molecule has 3 heterocycles. The first-order valence-corrected chi connectivity index (χ1v) is 15.6. The first kappa shape index (κ1) is 27.5. The Morgan fingerprint density at radius 1 is 0.975 bits per heavy atom. The fourth-order valence-corrected chi connectivity index (χ4v) is 8.18. The lowest BCUT2D eigenvalue weighted by molar-refractivity contribution is -0.145. The quantitative estimate of drug-likeness (QED) is 0.481. The van der Waals surface area contributed by atoms with Gasteiger partial charge in [-0.15, -0.1) is 0 Å². The summed E-state index contributed by atoms with van der Waals surface area (Å²) in [5, 5.41) is 6.43. The molecule has 2 aliphatic carbocycles. The molecule has 0 radical (unpaired) electrons. The van der Waals surface area contributed by atoms with Crippen LogP contribution in [0.2, 0.25) is 0 Å². The minimum Gasteiger partial charge on any atom is -0.359 e. The lowest BCUT2D eigenvalue weighted by Crippen LogP contribution is -2.59. The molecule has 3 aliphatic heterocycles. The highest BCUT2D eigenvalue weighted by Gasteiger charge is 2.73. The van der Waals surface area contributed by atoms with Crippen LogP contribution in [0.4, 0.5) is 5.69 Å². The number of carbonyl (C=O) groups is 3. The Morgan fingerprint density at radius 3 is 2.40 bits per heavy atom. The second-order valence-electron chi connectivity index (χ2n) is 13.4. The molecule has 7 nitrogen and oxygen atoms in total. The Labute approximate surface area is 238 Å². The fourth-order valence-electron chi connectivity index (χ4n) is 8.18. The number of ether oxygens (including phenoxy) is 1. The van der Waals surface area contributed by atoms with E-state index < -0.39 is 29.6 Å². The third-order valence-corrected chi connectivity index (χ3v) is 10.7. The number of anilines is 1. The van der Waals surface area contributed by atoms with Gasteiger partial charge in [0.05, 0.1) is 17.9 Å². The van der Waals surface area contributed by atoms with Gasteiger partial charge in [0, 0.05) is 17.8 Å². The van der Waals surface area contributed by atoms with E-state index in [4.69, 9.17) is 4.74 Å². The second-order valence-corrected chi connectivity index (χ2v) is 13.4. The van der Waals surface area contributed by atoms with Crippen molar-refractivity contribution in [2.45, 2.75) is 115 Å². The van der Waals surface area contributed by atoms with E-state index in [-0.39, 0.29) is 29.8 Å². The number of carbonyl (C=O) groups excluding carboxylic acids is 3. The zero-order chi connectivity index (χ0) is 28.2. The predicted octanol–water partition coefficient (Wildman–Crippen LogP) is 5.17. The van der Waals surface area contributed by atoms with Crippen molar-refractivity contribution in [3.8, 4) is 0 Å².